The fourth-order valence-corrected chi connectivity index (χ4v) is 5.55. The van der Waals surface area contributed by atoms with Gasteiger partial charge < -0.3 is 80.1 Å². The van der Waals surface area contributed by atoms with Crippen LogP contribution in [0.3, 0.4) is 0 Å². The van der Waals surface area contributed by atoms with E-state index in [1.54, 1.807) is 0 Å². The van der Waals surface area contributed by atoms with E-state index in [2.05, 4.69) is 16.0 Å². The first-order valence-electron chi connectivity index (χ1n) is 13.9. The van der Waals surface area contributed by atoms with Gasteiger partial charge in [-0.3, -0.25) is 14.4 Å². The fourth-order valence-electron chi connectivity index (χ4n) is 5.55. The van der Waals surface area contributed by atoms with Gasteiger partial charge in [0, 0.05) is 27.9 Å². The molecule has 3 heterocycles. The molecule has 0 aromatic carbocycles. The van der Waals surface area contributed by atoms with Crippen molar-refractivity contribution in [2.75, 3.05) is 26.9 Å². The van der Waals surface area contributed by atoms with Crippen LogP contribution >= 0.6 is 0 Å². The number of carbonyl (C=O) groups excluding carboxylic acids is 3. The Balaban J connectivity index is 1.90. The van der Waals surface area contributed by atoms with Crippen LogP contribution in [-0.4, -0.2) is 172 Å². The normalized spacial score (nSPS) is 42.8. The number of rotatable bonds is 11. The third-order valence-electron chi connectivity index (χ3n) is 7.54. The van der Waals surface area contributed by atoms with Gasteiger partial charge in [-0.05, 0) is 0 Å². The van der Waals surface area contributed by atoms with Crippen LogP contribution in [0, 0.1) is 0 Å². The summed E-state index contributed by atoms with van der Waals surface area (Å²) < 4.78 is 34.0. The number of nitrogens with one attached hydrogen (secondary N) is 3. The van der Waals surface area contributed by atoms with Gasteiger partial charge in [0.2, 0.25) is 17.7 Å². The lowest BCUT2D eigenvalue weighted by atomic mass is 9.93. The SMILES string of the molecule is CO[C@@H]1C(CO)O[C@@H](O[C@H]2C(O)C(NC(C)=O)[C@@H](O[C@@H]3C(CO)O[C@@H](O)[C@H](NC(C)=O)[C@H]3O)O[C@@H]2CO)[C@H](NC(C)=O)C1O. The third kappa shape index (κ3) is 8.18. The standard InChI is InChI=1S/C25H43N3O16/c1-8(32)26-14-17(35)21(12(6-30)40-23(14)38)43-25-16(28-10(3)34)19(37)22(13(7-31)42-25)44-24-15(27-9(2)33)18(36)20(39-4)11(5-29)41-24/h11-25,29-31,35-38H,5-7H2,1-4H3,(H,26,32)(H,27,33)(H,28,34)/t11?,12?,13-,14-,15-,16?,17-,18?,19?,20-,21-,22-,23-,24+,25-/m1/s1. The quantitative estimate of drug-likeness (QED) is 0.100. The number of methoxy groups -OCH3 is 1. The molecule has 3 fully saturated rings. The highest BCUT2D eigenvalue weighted by molar-refractivity contribution is 5.74. The lowest BCUT2D eigenvalue weighted by Gasteiger charge is -2.50. The van der Waals surface area contributed by atoms with Gasteiger partial charge in [0.25, 0.3) is 0 Å². The zero-order valence-corrected chi connectivity index (χ0v) is 24.6. The zero-order chi connectivity index (χ0) is 32.9. The molecular formula is C25H43N3O16. The van der Waals surface area contributed by atoms with E-state index < -0.39 is 129 Å². The Hall–Kier alpha value is -2.11. The van der Waals surface area contributed by atoms with E-state index in [1.165, 1.54) is 14.0 Å². The van der Waals surface area contributed by atoms with Crippen LogP contribution in [0.2, 0.25) is 0 Å². The number of ether oxygens (including phenoxy) is 6. The molecule has 44 heavy (non-hydrogen) atoms. The lowest BCUT2D eigenvalue weighted by molar-refractivity contribution is -0.352. The first kappa shape index (κ1) is 36.4. The van der Waals surface area contributed by atoms with Crippen LogP contribution in [0.25, 0.3) is 0 Å². The van der Waals surface area contributed by atoms with Gasteiger partial charge in [-0.2, -0.15) is 0 Å². The van der Waals surface area contributed by atoms with Crippen molar-refractivity contribution in [2.45, 2.75) is 113 Å². The Kier molecular flexibility index (Phi) is 13.2. The van der Waals surface area contributed by atoms with Crippen molar-refractivity contribution in [3.8, 4) is 0 Å². The molecule has 3 aliphatic rings. The van der Waals surface area contributed by atoms with Gasteiger partial charge in [0.05, 0.1) is 19.8 Å². The van der Waals surface area contributed by atoms with Gasteiger partial charge in [0.1, 0.15) is 73.1 Å². The van der Waals surface area contributed by atoms with Crippen molar-refractivity contribution in [1.29, 1.82) is 0 Å². The number of carbonyl (C=O) groups is 3. The molecule has 3 rings (SSSR count). The minimum Gasteiger partial charge on any atom is -0.394 e. The molecule has 3 saturated heterocycles. The second kappa shape index (κ2) is 15.9. The summed E-state index contributed by atoms with van der Waals surface area (Å²) >= 11 is 0. The molecule has 19 nitrogen and oxygen atoms in total. The third-order valence-corrected chi connectivity index (χ3v) is 7.54. The van der Waals surface area contributed by atoms with E-state index in [0.29, 0.717) is 0 Å². The molecule has 254 valence electrons. The van der Waals surface area contributed by atoms with Gasteiger partial charge in [-0.15, -0.1) is 0 Å². The summed E-state index contributed by atoms with van der Waals surface area (Å²) in [5.74, 6) is -1.87. The second-order valence-electron chi connectivity index (χ2n) is 10.8. The average Bonchev–Trinajstić information content (AvgIpc) is 2.96. The predicted molar refractivity (Wildman–Crippen MR) is 141 cm³/mol. The average molecular weight is 642 g/mol. The largest absolute Gasteiger partial charge is 0.394 e. The number of hydrogen-bond donors (Lipinski definition) is 10. The number of aliphatic hydroxyl groups is 7. The monoisotopic (exact) mass is 641 g/mol. The van der Waals surface area contributed by atoms with Crippen LogP contribution in [0.1, 0.15) is 20.8 Å². The molecule has 19 heteroatoms. The molecule has 0 saturated carbocycles. The van der Waals surface area contributed by atoms with Gasteiger partial charge in [0.15, 0.2) is 18.9 Å². The van der Waals surface area contributed by atoms with Crippen molar-refractivity contribution in [3.05, 3.63) is 0 Å². The van der Waals surface area contributed by atoms with E-state index in [0.717, 1.165) is 13.8 Å². The first-order chi connectivity index (χ1) is 20.8. The van der Waals surface area contributed by atoms with Crippen LogP contribution in [-0.2, 0) is 42.8 Å². The van der Waals surface area contributed by atoms with E-state index in [9.17, 15) is 50.1 Å². The molecule has 0 spiro atoms. The number of aliphatic hydroxyl groups excluding tert-OH is 7. The maximum Gasteiger partial charge on any atom is 0.217 e. The van der Waals surface area contributed by atoms with E-state index in [-0.39, 0.29) is 0 Å². The Labute approximate surface area is 252 Å². The molecule has 3 amide bonds. The fraction of sp³-hybridized carbons (Fsp3) is 0.880. The van der Waals surface area contributed by atoms with Crippen molar-refractivity contribution in [2.24, 2.45) is 0 Å². The predicted octanol–water partition coefficient (Wildman–Crippen LogP) is -6.49. The molecule has 0 radical (unpaired) electrons. The summed E-state index contributed by atoms with van der Waals surface area (Å²) in [5.41, 5.74) is 0. The van der Waals surface area contributed by atoms with E-state index in [1.807, 2.05) is 0 Å². The summed E-state index contributed by atoms with van der Waals surface area (Å²) in [6.07, 6.45) is -17.8. The Bertz CT molecular complexity index is 978. The number of hydrogen-bond acceptors (Lipinski definition) is 16. The van der Waals surface area contributed by atoms with Crippen LogP contribution in [0.15, 0.2) is 0 Å². The molecule has 0 bridgehead atoms. The molecule has 5 unspecified atom stereocenters. The van der Waals surface area contributed by atoms with E-state index >= 15 is 0 Å². The smallest absolute Gasteiger partial charge is 0.217 e. The summed E-state index contributed by atoms with van der Waals surface area (Å²) in [5, 5.41) is 80.6. The molecule has 10 N–H and O–H groups in total. The molecule has 0 aromatic heterocycles. The topological polar surface area (TPSA) is 284 Å². The van der Waals surface area contributed by atoms with Crippen LogP contribution in [0.4, 0.5) is 0 Å². The maximum absolute atomic E-state index is 12.1. The summed E-state index contributed by atoms with van der Waals surface area (Å²) in [7, 11) is 1.26. The highest BCUT2D eigenvalue weighted by Crippen LogP contribution is 2.32. The zero-order valence-electron chi connectivity index (χ0n) is 24.6. The molecule has 15 atom stereocenters. The number of amides is 3. The first-order valence-corrected chi connectivity index (χ1v) is 13.9. The second-order valence-corrected chi connectivity index (χ2v) is 10.8. The van der Waals surface area contributed by atoms with Crippen molar-refractivity contribution in [1.82, 2.24) is 16.0 Å². The Morgan fingerprint density at radius 2 is 0.932 bits per heavy atom. The van der Waals surface area contributed by atoms with Crippen molar-refractivity contribution in [3.63, 3.8) is 0 Å². The van der Waals surface area contributed by atoms with Gasteiger partial charge >= 0.3 is 0 Å². The Morgan fingerprint density at radius 1 is 0.591 bits per heavy atom. The van der Waals surface area contributed by atoms with Crippen molar-refractivity contribution < 1.29 is 78.6 Å². The minimum absolute atomic E-state index is 0.582. The van der Waals surface area contributed by atoms with Gasteiger partial charge in [-0.1, -0.05) is 0 Å². The van der Waals surface area contributed by atoms with Crippen molar-refractivity contribution >= 4 is 17.7 Å². The molecular weight excluding hydrogens is 598 g/mol. The summed E-state index contributed by atoms with van der Waals surface area (Å²) in [6.45, 7) is 1.24. The maximum atomic E-state index is 12.1. The molecule has 3 aliphatic heterocycles. The highest BCUT2D eigenvalue weighted by Gasteiger charge is 2.54. The van der Waals surface area contributed by atoms with Crippen LogP contribution in [0.5, 0.6) is 0 Å². The lowest BCUT2D eigenvalue weighted by Crippen LogP contribution is -2.71. The molecule has 0 aromatic rings. The molecule has 0 aliphatic carbocycles. The minimum atomic E-state index is -1.74. The summed E-state index contributed by atoms with van der Waals surface area (Å²) in [6, 6.07) is -4.14. The van der Waals surface area contributed by atoms with E-state index in [4.69, 9.17) is 28.4 Å². The van der Waals surface area contributed by atoms with Gasteiger partial charge in [-0.25, -0.2) is 0 Å². The summed E-state index contributed by atoms with van der Waals surface area (Å²) in [4.78, 5) is 35.7. The highest BCUT2D eigenvalue weighted by atomic mass is 16.7. The van der Waals surface area contributed by atoms with Crippen LogP contribution < -0.4 is 16.0 Å². The Morgan fingerprint density at radius 3 is 1.32 bits per heavy atom.